The molecule has 0 saturated carbocycles. The highest BCUT2D eigenvalue weighted by atomic mass is 127. The molecule has 6 heteroatoms. The van der Waals surface area contributed by atoms with Gasteiger partial charge in [-0.05, 0) is 29.5 Å². The molecule has 0 saturated heterocycles. The summed E-state index contributed by atoms with van der Waals surface area (Å²) in [6.07, 6.45) is 0.602. The molecule has 0 unspecified atom stereocenters. The van der Waals surface area contributed by atoms with Crippen LogP contribution in [-0.4, -0.2) is 15.0 Å². The van der Waals surface area contributed by atoms with Gasteiger partial charge in [-0.1, -0.05) is 30.3 Å². The highest BCUT2D eigenvalue weighted by molar-refractivity contribution is 14.1. The van der Waals surface area contributed by atoms with Crippen molar-refractivity contribution in [3.8, 4) is 11.3 Å². The summed E-state index contributed by atoms with van der Waals surface area (Å²) in [7, 11) is 0. The number of nitrogens with zero attached hydrogens (tertiary/aromatic N) is 3. The van der Waals surface area contributed by atoms with Gasteiger partial charge in [0.2, 0.25) is 0 Å². The fraction of sp³-hybridized carbons (Fsp3) is 0.133. The molecule has 0 aliphatic carbocycles. The molecule has 0 aliphatic heterocycles. The zero-order valence-corrected chi connectivity index (χ0v) is 14.4. The molecule has 2 heterocycles. The van der Waals surface area contributed by atoms with E-state index in [1.165, 1.54) is 0 Å². The van der Waals surface area contributed by atoms with Crippen LogP contribution in [0.5, 0.6) is 0 Å². The molecule has 0 fully saturated rings. The molecule has 3 rings (SSSR count). The van der Waals surface area contributed by atoms with Crippen molar-refractivity contribution < 1.29 is 0 Å². The van der Waals surface area contributed by atoms with Gasteiger partial charge in [-0.3, -0.25) is 0 Å². The van der Waals surface area contributed by atoms with E-state index in [0.29, 0.717) is 18.1 Å². The predicted octanol–water partition coefficient (Wildman–Crippen LogP) is 3.69. The van der Waals surface area contributed by atoms with E-state index in [4.69, 9.17) is 5.73 Å². The molecule has 3 aromatic rings. The van der Waals surface area contributed by atoms with E-state index in [9.17, 15) is 0 Å². The first kappa shape index (κ1) is 14.4. The lowest BCUT2D eigenvalue weighted by Crippen LogP contribution is -2.06. The fourth-order valence-electron chi connectivity index (χ4n) is 2.03. The maximum atomic E-state index is 6.04. The summed E-state index contributed by atoms with van der Waals surface area (Å²) < 4.78 is 0.886. The highest BCUT2D eigenvalue weighted by Gasteiger charge is 2.13. The van der Waals surface area contributed by atoms with Gasteiger partial charge in [0.1, 0.15) is 11.6 Å². The Balaban J connectivity index is 2.01. The minimum absolute atomic E-state index is 0.520. The minimum atomic E-state index is 0.520. The SMILES string of the molecule is Cc1nc(Cc2nc(N)c(I)c(-c3ccccc3)n2)cs1. The Morgan fingerprint density at radius 3 is 2.57 bits per heavy atom. The Morgan fingerprint density at radius 2 is 1.90 bits per heavy atom. The van der Waals surface area contributed by atoms with Crippen molar-refractivity contribution in [1.29, 1.82) is 0 Å². The van der Waals surface area contributed by atoms with Crippen LogP contribution in [-0.2, 0) is 6.42 Å². The number of aryl methyl sites for hydroxylation is 1. The van der Waals surface area contributed by atoms with Gasteiger partial charge in [-0.15, -0.1) is 11.3 Å². The van der Waals surface area contributed by atoms with Gasteiger partial charge in [0.05, 0.1) is 26.4 Å². The summed E-state index contributed by atoms with van der Waals surface area (Å²) in [5, 5.41) is 3.08. The van der Waals surface area contributed by atoms with Crippen LogP contribution in [0.25, 0.3) is 11.3 Å². The zero-order valence-electron chi connectivity index (χ0n) is 11.4. The Morgan fingerprint density at radius 1 is 1.14 bits per heavy atom. The van der Waals surface area contributed by atoms with Crippen LogP contribution < -0.4 is 5.73 Å². The molecule has 0 amide bonds. The van der Waals surface area contributed by atoms with Gasteiger partial charge < -0.3 is 5.73 Å². The summed E-state index contributed by atoms with van der Waals surface area (Å²) in [4.78, 5) is 13.5. The van der Waals surface area contributed by atoms with Crippen LogP contribution in [0.4, 0.5) is 5.82 Å². The van der Waals surface area contributed by atoms with Crippen LogP contribution >= 0.6 is 33.9 Å². The monoisotopic (exact) mass is 408 g/mol. The summed E-state index contributed by atoms with van der Waals surface area (Å²) in [6, 6.07) is 10.0. The number of rotatable bonds is 3. The Kier molecular flexibility index (Phi) is 4.16. The second kappa shape index (κ2) is 6.07. The number of hydrogen-bond acceptors (Lipinski definition) is 5. The third-order valence-corrected chi connectivity index (χ3v) is 4.86. The van der Waals surface area contributed by atoms with Crippen LogP contribution in [0, 0.1) is 10.5 Å². The Hall–Kier alpha value is -1.54. The van der Waals surface area contributed by atoms with Crippen molar-refractivity contribution in [1.82, 2.24) is 15.0 Å². The minimum Gasteiger partial charge on any atom is -0.383 e. The average Bonchev–Trinajstić information content (AvgIpc) is 2.89. The third kappa shape index (κ3) is 3.21. The molecule has 4 nitrogen and oxygen atoms in total. The molecule has 0 aliphatic rings. The van der Waals surface area contributed by atoms with Crippen LogP contribution in [0.1, 0.15) is 16.5 Å². The number of aromatic nitrogens is 3. The van der Waals surface area contributed by atoms with Gasteiger partial charge >= 0.3 is 0 Å². The number of hydrogen-bond donors (Lipinski definition) is 1. The molecular weight excluding hydrogens is 395 g/mol. The topological polar surface area (TPSA) is 64.7 Å². The van der Waals surface area contributed by atoms with Crippen molar-refractivity contribution >= 4 is 39.7 Å². The number of thiazole rings is 1. The van der Waals surface area contributed by atoms with E-state index in [1.54, 1.807) is 11.3 Å². The van der Waals surface area contributed by atoms with Crippen LogP contribution in [0.15, 0.2) is 35.7 Å². The number of anilines is 1. The Bertz CT molecular complexity index is 771. The third-order valence-electron chi connectivity index (χ3n) is 2.98. The van der Waals surface area contributed by atoms with E-state index in [0.717, 1.165) is 25.5 Å². The first-order valence-electron chi connectivity index (χ1n) is 6.42. The smallest absolute Gasteiger partial charge is 0.141 e. The lowest BCUT2D eigenvalue weighted by atomic mass is 10.1. The molecule has 2 N–H and O–H groups in total. The van der Waals surface area contributed by atoms with E-state index in [2.05, 4.69) is 37.5 Å². The van der Waals surface area contributed by atoms with Crippen LogP contribution in [0.3, 0.4) is 0 Å². The first-order valence-corrected chi connectivity index (χ1v) is 8.37. The summed E-state index contributed by atoms with van der Waals surface area (Å²) in [6.45, 7) is 1.99. The van der Waals surface area contributed by atoms with Crippen LogP contribution in [0.2, 0.25) is 0 Å². The highest BCUT2D eigenvalue weighted by Crippen LogP contribution is 2.27. The van der Waals surface area contributed by atoms with Crippen molar-refractivity contribution in [3.05, 3.63) is 55.8 Å². The molecule has 0 bridgehead atoms. The summed E-state index contributed by atoms with van der Waals surface area (Å²) in [5.41, 5.74) is 8.95. The summed E-state index contributed by atoms with van der Waals surface area (Å²) >= 11 is 3.83. The predicted molar refractivity (Wildman–Crippen MR) is 94.3 cm³/mol. The lowest BCUT2D eigenvalue weighted by molar-refractivity contribution is 0.944. The van der Waals surface area contributed by atoms with E-state index >= 15 is 0 Å². The average molecular weight is 408 g/mol. The molecule has 0 radical (unpaired) electrons. The molecule has 0 atom stereocenters. The first-order chi connectivity index (χ1) is 10.1. The molecule has 2 aromatic heterocycles. The normalized spacial score (nSPS) is 10.8. The van der Waals surface area contributed by atoms with Gasteiger partial charge in [-0.25, -0.2) is 15.0 Å². The largest absolute Gasteiger partial charge is 0.383 e. The maximum Gasteiger partial charge on any atom is 0.141 e. The van der Waals surface area contributed by atoms with Crippen molar-refractivity contribution in [3.63, 3.8) is 0 Å². The molecule has 0 spiro atoms. The zero-order chi connectivity index (χ0) is 14.8. The lowest BCUT2D eigenvalue weighted by Gasteiger charge is -2.08. The van der Waals surface area contributed by atoms with Gasteiger partial charge in [0.15, 0.2) is 0 Å². The van der Waals surface area contributed by atoms with Crippen molar-refractivity contribution in [2.75, 3.05) is 5.73 Å². The van der Waals surface area contributed by atoms with Gasteiger partial charge in [0, 0.05) is 10.9 Å². The second-order valence-electron chi connectivity index (χ2n) is 4.59. The summed E-state index contributed by atoms with van der Waals surface area (Å²) in [5.74, 6) is 1.23. The maximum absolute atomic E-state index is 6.04. The fourth-order valence-corrected chi connectivity index (χ4v) is 3.20. The molecular formula is C15H13IN4S. The second-order valence-corrected chi connectivity index (χ2v) is 6.73. The number of halogens is 1. The standard InChI is InChI=1S/C15H13IN4S/c1-9-18-11(8-21-9)7-12-19-14(13(16)15(17)20-12)10-5-3-2-4-6-10/h2-6,8H,7H2,1H3,(H2,17,19,20). The number of benzene rings is 1. The molecule has 1 aromatic carbocycles. The Labute approximate surface area is 140 Å². The van der Waals surface area contributed by atoms with E-state index in [-0.39, 0.29) is 0 Å². The number of nitrogens with two attached hydrogens (primary N) is 1. The van der Waals surface area contributed by atoms with Gasteiger partial charge in [0.25, 0.3) is 0 Å². The van der Waals surface area contributed by atoms with Gasteiger partial charge in [-0.2, -0.15) is 0 Å². The van der Waals surface area contributed by atoms with Crippen molar-refractivity contribution in [2.45, 2.75) is 13.3 Å². The quantitative estimate of drug-likeness (QED) is 0.672. The molecule has 106 valence electrons. The van der Waals surface area contributed by atoms with Crippen molar-refractivity contribution in [2.24, 2.45) is 0 Å². The van der Waals surface area contributed by atoms with E-state index in [1.807, 2.05) is 42.6 Å². The molecule has 21 heavy (non-hydrogen) atoms. The van der Waals surface area contributed by atoms with E-state index < -0.39 is 0 Å². The number of nitrogen functional groups attached to an aromatic ring is 1.